The SMILES string of the molecule is CC(C)C[C@@H](CN(CCCCNS(=O)(=O)c1ccc(Cl)cc1Cl)C(=O)NC(C)(C)C)NC(=O)Nc1ccccc1. The molecule has 4 amide bonds. The van der Waals surface area contributed by atoms with Gasteiger partial charge in [-0.1, -0.05) is 55.2 Å². The number of halogens is 2. The van der Waals surface area contributed by atoms with E-state index in [0.717, 1.165) is 0 Å². The first-order valence-electron chi connectivity index (χ1n) is 13.3. The van der Waals surface area contributed by atoms with Gasteiger partial charge in [-0.2, -0.15) is 0 Å². The van der Waals surface area contributed by atoms with Crippen LogP contribution in [0.5, 0.6) is 0 Å². The van der Waals surface area contributed by atoms with Crippen molar-refractivity contribution in [2.75, 3.05) is 25.0 Å². The topological polar surface area (TPSA) is 120 Å². The number of nitrogens with zero attached hydrogens (tertiary/aromatic N) is 1. The second-order valence-electron chi connectivity index (χ2n) is 11.1. The Morgan fingerprint density at radius 1 is 1.00 bits per heavy atom. The fourth-order valence-corrected chi connectivity index (χ4v) is 5.81. The minimum Gasteiger partial charge on any atom is -0.333 e. The molecule has 0 radical (unpaired) electrons. The van der Waals surface area contributed by atoms with Crippen LogP contribution in [0.4, 0.5) is 15.3 Å². The number of amides is 4. The lowest BCUT2D eigenvalue weighted by Crippen LogP contribution is -2.53. The predicted molar refractivity (Wildman–Crippen MR) is 163 cm³/mol. The lowest BCUT2D eigenvalue weighted by atomic mass is 10.0. The minimum atomic E-state index is -3.81. The summed E-state index contributed by atoms with van der Waals surface area (Å²) in [7, 11) is -3.81. The Morgan fingerprint density at radius 2 is 1.68 bits per heavy atom. The standard InChI is InChI=1S/C28H41Cl2N5O4S/c1-20(2)17-23(33-26(36)32-22-11-7-6-8-12-22)19-35(27(37)34-28(3,4)5)16-10-9-15-31-40(38,39)25-14-13-21(29)18-24(25)30/h6-8,11-14,18,20,23,31H,9-10,15-17,19H2,1-5H3,(H,34,37)(H2,32,33,36)/t23-/m0/s1. The maximum absolute atomic E-state index is 13.2. The van der Waals surface area contributed by atoms with Crippen molar-refractivity contribution in [3.05, 3.63) is 58.6 Å². The van der Waals surface area contributed by atoms with Gasteiger partial charge in [0, 0.05) is 41.9 Å². The Bertz CT molecular complexity index is 1220. The molecular formula is C28H41Cl2N5O4S. The molecule has 0 bridgehead atoms. The number of carbonyl (C=O) groups is 2. The van der Waals surface area contributed by atoms with Gasteiger partial charge in [0.1, 0.15) is 4.90 Å². The first-order chi connectivity index (χ1) is 18.7. The average Bonchev–Trinajstić information content (AvgIpc) is 2.81. The lowest BCUT2D eigenvalue weighted by molar-refractivity contribution is 0.177. The summed E-state index contributed by atoms with van der Waals surface area (Å²) in [6, 6.07) is 12.5. The molecule has 0 aliphatic rings. The Morgan fingerprint density at radius 3 is 2.27 bits per heavy atom. The number of anilines is 1. The average molecular weight is 615 g/mol. The smallest absolute Gasteiger partial charge is 0.319 e. The molecule has 222 valence electrons. The van der Waals surface area contributed by atoms with Gasteiger partial charge in [0.2, 0.25) is 10.0 Å². The van der Waals surface area contributed by atoms with Gasteiger partial charge in [0.25, 0.3) is 0 Å². The molecule has 0 fully saturated rings. The molecule has 0 saturated heterocycles. The van der Waals surface area contributed by atoms with Crippen molar-refractivity contribution >= 4 is 51.0 Å². The molecule has 1 atom stereocenters. The van der Waals surface area contributed by atoms with E-state index >= 15 is 0 Å². The highest BCUT2D eigenvalue weighted by Crippen LogP contribution is 2.24. The number of rotatable bonds is 13. The van der Waals surface area contributed by atoms with Gasteiger partial charge >= 0.3 is 12.1 Å². The van der Waals surface area contributed by atoms with E-state index in [4.69, 9.17) is 23.2 Å². The highest BCUT2D eigenvalue weighted by atomic mass is 35.5. The van der Waals surface area contributed by atoms with Crippen LogP contribution in [0.2, 0.25) is 10.0 Å². The van der Waals surface area contributed by atoms with Crippen LogP contribution in [-0.2, 0) is 10.0 Å². The van der Waals surface area contributed by atoms with Gasteiger partial charge in [-0.15, -0.1) is 0 Å². The molecule has 4 N–H and O–H groups in total. The molecule has 40 heavy (non-hydrogen) atoms. The number of hydrogen-bond acceptors (Lipinski definition) is 4. The zero-order chi connectivity index (χ0) is 29.9. The summed E-state index contributed by atoms with van der Waals surface area (Å²) in [6.45, 7) is 10.7. The molecule has 9 nitrogen and oxygen atoms in total. The van der Waals surface area contributed by atoms with E-state index in [1.165, 1.54) is 18.2 Å². The monoisotopic (exact) mass is 613 g/mol. The number of benzene rings is 2. The summed E-state index contributed by atoms with van der Waals surface area (Å²) in [5, 5.41) is 9.22. The number of carbonyl (C=O) groups excluding carboxylic acids is 2. The van der Waals surface area contributed by atoms with Gasteiger partial charge in [-0.05, 0) is 76.3 Å². The fourth-order valence-electron chi connectivity index (χ4n) is 3.97. The molecule has 0 spiro atoms. The van der Waals surface area contributed by atoms with Gasteiger partial charge < -0.3 is 20.9 Å². The van der Waals surface area contributed by atoms with E-state index in [9.17, 15) is 18.0 Å². The van der Waals surface area contributed by atoms with E-state index in [0.29, 0.717) is 43.1 Å². The zero-order valence-electron chi connectivity index (χ0n) is 23.8. The summed E-state index contributed by atoms with van der Waals surface area (Å²) in [4.78, 5) is 27.5. The van der Waals surface area contributed by atoms with Crippen LogP contribution in [0, 0.1) is 5.92 Å². The van der Waals surface area contributed by atoms with Crippen molar-refractivity contribution < 1.29 is 18.0 Å². The van der Waals surface area contributed by atoms with Crippen LogP contribution >= 0.6 is 23.2 Å². The lowest BCUT2D eigenvalue weighted by Gasteiger charge is -2.32. The molecule has 2 aromatic rings. The molecule has 0 aromatic heterocycles. The summed E-state index contributed by atoms with van der Waals surface area (Å²) in [5.41, 5.74) is 0.224. The predicted octanol–water partition coefficient (Wildman–Crippen LogP) is 6.10. The van der Waals surface area contributed by atoms with Crippen LogP contribution < -0.4 is 20.7 Å². The molecule has 2 rings (SSSR count). The molecule has 0 heterocycles. The summed E-state index contributed by atoms with van der Waals surface area (Å²) in [6.07, 6.45) is 1.70. The largest absolute Gasteiger partial charge is 0.333 e. The number of hydrogen-bond donors (Lipinski definition) is 4. The second kappa shape index (κ2) is 15.5. The molecule has 2 aromatic carbocycles. The van der Waals surface area contributed by atoms with E-state index in [1.807, 2.05) is 39.0 Å². The first kappa shape index (κ1) is 33.7. The quantitative estimate of drug-likeness (QED) is 0.204. The molecule has 12 heteroatoms. The van der Waals surface area contributed by atoms with Crippen molar-refractivity contribution in [1.82, 2.24) is 20.3 Å². The highest BCUT2D eigenvalue weighted by molar-refractivity contribution is 7.89. The number of sulfonamides is 1. The minimum absolute atomic E-state index is 0.0406. The van der Waals surface area contributed by atoms with E-state index in [-0.39, 0.29) is 40.5 Å². The third kappa shape index (κ3) is 12.3. The van der Waals surface area contributed by atoms with Gasteiger partial charge in [0.15, 0.2) is 0 Å². The van der Waals surface area contributed by atoms with Gasteiger partial charge in [-0.3, -0.25) is 0 Å². The summed E-state index contributed by atoms with van der Waals surface area (Å²) >= 11 is 11.9. The maximum atomic E-state index is 13.2. The first-order valence-corrected chi connectivity index (χ1v) is 15.5. The van der Waals surface area contributed by atoms with Crippen molar-refractivity contribution in [2.24, 2.45) is 5.92 Å². The van der Waals surface area contributed by atoms with E-state index < -0.39 is 15.6 Å². The fraction of sp³-hybridized carbons (Fsp3) is 0.500. The van der Waals surface area contributed by atoms with Crippen LogP contribution in [0.25, 0.3) is 0 Å². The van der Waals surface area contributed by atoms with Gasteiger partial charge in [0.05, 0.1) is 5.02 Å². The zero-order valence-corrected chi connectivity index (χ0v) is 26.1. The number of unbranched alkanes of at least 4 members (excludes halogenated alkanes) is 1. The third-order valence-corrected chi connectivity index (χ3v) is 7.84. The second-order valence-corrected chi connectivity index (χ2v) is 13.7. The summed E-state index contributed by atoms with van der Waals surface area (Å²) in [5.74, 6) is 0.281. The number of para-hydroxylation sites is 1. The van der Waals surface area contributed by atoms with Crippen LogP contribution in [0.3, 0.4) is 0 Å². The Kier molecular flexibility index (Phi) is 13.0. The van der Waals surface area contributed by atoms with E-state index in [1.54, 1.807) is 17.0 Å². The highest BCUT2D eigenvalue weighted by Gasteiger charge is 2.24. The summed E-state index contributed by atoms with van der Waals surface area (Å²) < 4.78 is 27.9. The van der Waals surface area contributed by atoms with Crippen LogP contribution in [-0.4, -0.2) is 56.6 Å². The van der Waals surface area contributed by atoms with Crippen molar-refractivity contribution in [2.45, 2.75) is 70.4 Å². The van der Waals surface area contributed by atoms with Gasteiger partial charge in [-0.25, -0.2) is 22.7 Å². The van der Waals surface area contributed by atoms with Crippen molar-refractivity contribution in [3.8, 4) is 0 Å². The number of urea groups is 2. The Balaban J connectivity index is 2.02. The molecule has 0 unspecified atom stereocenters. The number of nitrogens with one attached hydrogen (secondary N) is 4. The van der Waals surface area contributed by atoms with Crippen molar-refractivity contribution in [1.29, 1.82) is 0 Å². The molecule has 0 aliphatic heterocycles. The van der Waals surface area contributed by atoms with Crippen LogP contribution in [0.1, 0.15) is 53.9 Å². The molecular weight excluding hydrogens is 573 g/mol. The normalized spacial score (nSPS) is 12.6. The third-order valence-electron chi connectivity index (χ3n) is 5.66. The molecule has 0 saturated carbocycles. The Labute approximate surface area is 248 Å². The van der Waals surface area contributed by atoms with Crippen LogP contribution in [0.15, 0.2) is 53.4 Å². The Hall–Kier alpha value is -2.53. The maximum Gasteiger partial charge on any atom is 0.319 e. The molecule has 0 aliphatic carbocycles. The van der Waals surface area contributed by atoms with Crippen molar-refractivity contribution in [3.63, 3.8) is 0 Å². The van der Waals surface area contributed by atoms with E-state index in [2.05, 4.69) is 34.5 Å².